The van der Waals surface area contributed by atoms with E-state index in [9.17, 15) is 14.4 Å². The lowest BCUT2D eigenvalue weighted by molar-refractivity contribution is -0.116. The second-order valence-corrected chi connectivity index (χ2v) is 5.02. The summed E-state index contributed by atoms with van der Waals surface area (Å²) in [6, 6.07) is 3.02. The summed E-state index contributed by atoms with van der Waals surface area (Å²) in [7, 11) is 0. The van der Waals surface area contributed by atoms with E-state index in [1.165, 1.54) is 16.9 Å². The molecule has 0 bridgehead atoms. The molecule has 0 spiro atoms. The number of hydrogen-bond donors (Lipinski definition) is 3. The van der Waals surface area contributed by atoms with E-state index in [2.05, 4.69) is 10.7 Å². The van der Waals surface area contributed by atoms with Crippen molar-refractivity contribution in [2.24, 2.45) is 5.73 Å². The standard InChI is InChI=1S/C12H18N4O4/c1-12(2,3)20-11(19)14-7-9(17)15-16-6-4-5-8(16)10(13)18/h4-6H,7H2,1-3H3,(H2,13,18)(H,14,19)(H,15,17). The van der Waals surface area contributed by atoms with E-state index < -0.39 is 23.5 Å². The maximum atomic E-state index is 11.6. The number of ether oxygens (including phenoxy) is 1. The molecular weight excluding hydrogens is 264 g/mol. The third-order valence-corrected chi connectivity index (χ3v) is 2.04. The highest BCUT2D eigenvalue weighted by molar-refractivity contribution is 5.93. The molecule has 0 atom stereocenters. The van der Waals surface area contributed by atoms with Gasteiger partial charge in [-0.2, -0.15) is 0 Å². The normalized spacial score (nSPS) is 10.8. The van der Waals surface area contributed by atoms with Gasteiger partial charge in [0.2, 0.25) is 0 Å². The molecule has 8 heteroatoms. The van der Waals surface area contributed by atoms with Gasteiger partial charge in [-0.3, -0.25) is 19.7 Å². The predicted molar refractivity (Wildman–Crippen MR) is 71.6 cm³/mol. The van der Waals surface area contributed by atoms with E-state index in [0.717, 1.165) is 0 Å². The van der Waals surface area contributed by atoms with Crippen LogP contribution in [-0.4, -0.2) is 34.7 Å². The highest BCUT2D eigenvalue weighted by Gasteiger charge is 2.17. The van der Waals surface area contributed by atoms with Gasteiger partial charge in [0, 0.05) is 6.20 Å². The molecule has 20 heavy (non-hydrogen) atoms. The Morgan fingerprint density at radius 2 is 2.00 bits per heavy atom. The van der Waals surface area contributed by atoms with Gasteiger partial charge in [0.1, 0.15) is 17.8 Å². The summed E-state index contributed by atoms with van der Waals surface area (Å²) < 4.78 is 6.16. The average Bonchev–Trinajstić information content (AvgIpc) is 2.72. The molecule has 0 radical (unpaired) electrons. The maximum Gasteiger partial charge on any atom is 0.408 e. The van der Waals surface area contributed by atoms with Gasteiger partial charge in [-0.05, 0) is 32.9 Å². The van der Waals surface area contributed by atoms with Gasteiger partial charge in [0.05, 0.1) is 0 Å². The number of nitrogens with two attached hydrogens (primary N) is 1. The van der Waals surface area contributed by atoms with Crippen molar-refractivity contribution in [3.05, 3.63) is 24.0 Å². The van der Waals surface area contributed by atoms with Crippen molar-refractivity contribution in [1.29, 1.82) is 0 Å². The zero-order valence-corrected chi connectivity index (χ0v) is 11.6. The fourth-order valence-corrected chi connectivity index (χ4v) is 1.32. The molecule has 1 rings (SSSR count). The smallest absolute Gasteiger partial charge is 0.408 e. The molecule has 4 N–H and O–H groups in total. The largest absolute Gasteiger partial charge is 0.444 e. The summed E-state index contributed by atoms with van der Waals surface area (Å²) >= 11 is 0. The number of hydrogen-bond acceptors (Lipinski definition) is 4. The fourth-order valence-electron chi connectivity index (χ4n) is 1.32. The minimum atomic E-state index is -0.699. The molecule has 0 aliphatic heterocycles. The molecule has 0 unspecified atom stereocenters. The van der Waals surface area contributed by atoms with Crippen LogP contribution in [0.1, 0.15) is 31.3 Å². The maximum absolute atomic E-state index is 11.6. The Hall–Kier alpha value is -2.51. The molecule has 1 aromatic rings. The van der Waals surface area contributed by atoms with Crippen LogP contribution in [0.2, 0.25) is 0 Å². The van der Waals surface area contributed by atoms with Crippen LogP contribution in [0.4, 0.5) is 4.79 Å². The van der Waals surface area contributed by atoms with Crippen molar-refractivity contribution >= 4 is 17.9 Å². The lowest BCUT2D eigenvalue weighted by Gasteiger charge is -2.19. The third-order valence-electron chi connectivity index (χ3n) is 2.04. The van der Waals surface area contributed by atoms with Gasteiger partial charge in [-0.25, -0.2) is 4.79 Å². The van der Waals surface area contributed by atoms with Crippen LogP contribution in [0.3, 0.4) is 0 Å². The summed E-state index contributed by atoms with van der Waals surface area (Å²) in [6.07, 6.45) is 0.765. The van der Waals surface area contributed by atoms with Crippen LogP contribution in [0.5, 0.6) is 0 Å². The highest BCUT2D eigenvalue weighted by atomic mass is 16.6. The van der Waals surface area contributed by atoms with Crippen molar-refractivity contribution in [3.8, 4) is 0 Å². The van der Waals surface area contributed by atoms with Crippen LogP contribution in [0.15, 0.2) is 18.3 Å². The van der Waals surface area contributed by atoms with Gasteiger partial charge < -0.3 is 15.8 Å². The second-order valence-electron chi connectivity index (χ2n) is 5.02. The monoisotopic (exact) mass is 282 g/mol. The zero-order chi connectivity index (χ0) is 15.3. The molecule has 1 heterocycles. The topological polar surface area (TPSA) is 115 Å². The third kappa shape index (κ3) is 5.01. The van der Waals surface area contributed by atoms with Crippen molar-refractivity contribution < 1.29 is 19.1 Å². The number of carbonyl (C=O) groups excluding carboxylic acids is 3. The molecule has 3 amide bonds. The van der Waals surface area contributed by atoms with Crippen LogP contribution >= 0.6 is 0 Å². The van der Waals surface area contributed by atoms with Crippen LogP contribution in [0.25, 0.3) is 0 Å². The first kappa shape index (κ1) is 15.5. The van der Waals surface area contributed by atoms with Gasteiger partial charge in [-0.1, -0.05) is 0 Å². The molecule has 0 aliphatic carbocycles. The van der Waals surface area contributed by atoms with Crippen molar-refractivity contribution in [2.75, 3.05) is 12.0 Å². The Balaban J connectivity index is 2.46. The molecule has 0 aliphatic rings. The number of nitrogens with one attached hydrogen (secondary N) is 2. The van der Waals surface area contributed by atoms with Crippen LogP contribution in [0, 0.1) is 0 Å². The quantitative estimate of drug-likeness (QED) is 0.730. The van der Waals surface area contributed by atoms with E-state index in [1.807, 2.05) is 0 Å². The van der Waals surface area contributed by atoms with E-state index in [4.69, 9.17) is 10.5 Å². The van der Waals surface area contributed by atoms with Crippen LogP contribution < -0.4 is 16.5 Å². The Labute approximate surface area is 116 Å². The Morgan fingerprint density at radius 3 is 2.55 bits per heavy atom. The summed E-state index contributed by atoms with van der Waals surface area (Å²) in [6.45, 7) is 4.86. The molecule has 8 nitrogen and oxygen atoms in total. The molecule has 0 saturated heterocycles. The first-order valence-electron chi connectivity index (χ1n) is 5.93. The number of rotatable bonds is 4. The number of primary amides is 1. The van der Waals surface area contributed by atoms with Crippen molar-refractivity contribution in [3.63, 3.8) is 0 Å². The van der Waals surface area contributed by atoms with Crippen LogP contribution in [-0.2, 0) is 9.53 Å². The zero-order valence-electron chi connectivity index (χ0n) is 11.6. The SMILES string of the molecule is CC(C)(C)OC(=O)NCC(=O)Nn1cccc1C(N)=O. The second kappa shape index (κ2) is 6.09. The van der Waals surface area contributed by atoms with Gasteiger partial charge >= 0.3 is 6.09 Å². The molecule has 0 aromatic carbocycles. The lowest BCUT2D eigenvalue weighted by atomic mass is 10.2. The van der Waals surface area contributed by atoms with E-state index in [0.29, 0.717) is 0 Å². The summed E-state index contributed by atoms with van der Waals surface area (Å²) in [5, 5.41) is 2.30. The first-order chi connectivity index (χ1) is 9.19. The molecule has 0 saturated carbocycles. The number of nitrogens with zero attached hydrogens (tertiary/aromatic N) is 1. The molecular formula is C12H18N4O4. The van der Waals surface area contributed by atoms with Crippen molar-refractivity contribution in [1.82, 2.24) is 9.99 Å². The number of alkyl carbamates (subject to hydrolysis) is 1. The Kier molecular flexibility index (Phi) is 4.73. The average molecular weight is 282 g/mol. The van der Waals surface area contributed by atoms with Gasteiger partial charge in [0.25, 0.3) is 11.8 Å². The summed E-state index contributed by atoms with van der Waals surface area (Å²) in [5.41, 5.74) is 7.02. The number of amides is 3. The minimum absolute atomic E-state index is 0.135. The first-order valence-corrected chi connectivity index (χ1v) is 5.93. The van der Waals surface area contributed by atoms with Gasteiger partial charge in [-0.15, -0.1) is 0 Å². The van der Waals surface area contributed by atoms with Crippen molar-refractivity contribution in [2.45, 2.75) is 26.4 Å². The molecule has 0 fully saturated rings. The lowest BCUT2D eigenvalue weighted by Crippen LogP contribution is -2.39. The fraction of sp³-hybridized carbons (Fsp3) is 0.417. The highest BCUT2D eigenvalue weighted by Crippen LogP contribution is 2.06. The number of carbonyl (C=O) groups is 3. The predicted octanol–water partition coefficient (Wildman–Crippen LogP) is 0.182. The van der Waals surface area contributed by atoms with E-state index in [-0.39, 0.29) is 12.2 Å². The van der Waals surface area contributed by atoms with E-state index >= 15 is 0 Å². The Morgan fingerprint density at radius 1 is 1.35 bits per heavy atom. The molecule has 110 valence electrons. The molecule has 1 aromatic heterocycles. The minimum Gasteiger partial charge on any atom is -0.444 e. The summed E-state index contributed by atoms with van der Waals surface area (Å²) in [4.78, 5) is 34.0. The Bertz CT molecular complexity index is 516. The summed E-state index contributed by atoms with van der Waals surface area (Å²) in [5.74, 6) is -1.19. The van der Waals surface area contributed by atoms with Gasteiger partial charge in [0.15, 0.2) is 0 Å². The van der Waals surface area contributed by atoms with E-state index in [1.54, 1.807) is 26.8 Å². The number of aromatic nitrogens is 1.